The van der Waals surface area contributed by atoms with E-state index in [0.29, 0.717) is 12.1 Å². The van der Waals surface area contributed by atoms with Crippen LogP contribution in [-0.2, 0) is 0 Å². The van der Waals surface area contributed by atoms with Gasteiger partial charge in [0.2, 0.25) is 0 Å². The topological polar surface area (TPSA) is 15.4 Å². The van der Waals surface area contributed by atoms with Crippen LogP contribution in [0.5, 0.6) is 0 Å². The highest BCUT2D eigenvalue weighted by molar-refractivity contribution is 6.30. The predicted octanol–water partition coefficient (Wildman–Crippen LogP) is 5.27. The van der Waals surface area contributed by atoms with Crippen LogP contribution in [-0.4, -0.2) is 16.7 Å². The number of rotatable bonds is 3. The van der Waals surface area contributed by atoms with Crippen LogP contribution >= 0.6 is 11.6 Å². The van der Waals surface area contributed by atoms with E-state index in [-0.39, 0.29) is 6.17 Å². The maximum atomic E-state index is 6.06. The molecule has 1 saturated heterocycles. The molecular formula is C22H17ClN2. The molecule has 5 rings (SSSR count). The van der Waals surface area contributed by atoms with Crippen molar-refractivity contribution in [2.45, 2.75) is 18.2 Å². The second-order valence-electron chi connectivity index (χ2n) is 6.55. The number of halogens is 1. The number of benzene rings is 3. The van der Waals surface area contributed by atoms with Crippen molar-refractivity contribution >= 4 is 17.3 Å². The first-order valence-electron chi connectivity index (χ1n) is 8.54. The Morgan fingerprint density at radius 2 is 1.32 bits per heavy atom. The third-order valence-corrected chi connectivity index (χ3v) is 5.31. The molecule has 3 aromatic carbocycles. The summed E-state index contributed by atoms with van der Waals surface area (Å²) in [6.45, 7) is 0. The van der Waals surface area contributed by atoms with E-state index in [9.17, 15) is 0 Å². The molecule has 1 unspecified atom stereocenters. The first-order chi connectivity index (χ1) is 12.3. The van der Waals surface area contributed by atoms with Gasteiger partial charge in [-0.3, -0.25) is 9.89 Å². The Hall–Kier alpha value is -2.42. The van der Waals surface area contributed by atoms with Gasteiger partial charge in [0.25, 0.3) is 0 Å². The fourth-order valence-corrected chi connectivity index (χ4v) is 3.98. The van der Waals surface area contributed by atoms with E-state index in [1.165, 1.54) is 22.4 Å². The van der Waals surface area contributed by atoms with Crippen LogP contribution in [0.2, 0.25) is 5.02 Å². The normalized spacial score (nSPS) is 26.8. The van der Waals surface area contributed by atoms with Crippen LogP contribution in [0, 0.1) is 0 Å². The van der Waals surface area contributed by atoms with Crippen LogP contribution in [0.3, 0.4) is 0 Å². The van der Waals surface area contributed by atoms with E-state index in [0.717, 1.165) is 5.02 Å². The summed E-state index contributed by atoms with van der Waals surface area (Å²) in [4.78, 5) is 7.55. The van der Waals surface area contributed by atoms with E-state index in [4.69, 9.17) is 16.6 Å². The number of hydrogen-bond donors (Lipinski definition) is 0. The SMILES string of the molecule is Clc1ccc([C@@H]2N=C(c3ccccc3)[C@H]3[C@@H](c4ccccc4)N23)cc1. The number of hydrogen-bond acceptors (Lipinski definition) is 2. The molecule has 2 nitrogen and oxygen atoms in total. The van der Waals surface area contributed by atoms with Crippen molar-refractivity contribution in [3.8, 4) is 0 Å². The molecule has 0 N–H and O–H groups in total. The average Bonchev–Trinajstić information content (AvgIpc) is 3.28. The molecule has 25 heavy (non-hydrogen) atoms. The fourth-order valence-electron chi connectivity index (χ4n) is 3.86. The van der Waals surface area contributed by atoms with E-state index < -0.39 is 0 Å². The summed E-state index contributed by atoms with van der Waals surface area (Å²) in [5, 5.41) is 0.760. The van der Waals surface area contributed by atoms with Crippen LogP contribution in [0.25, 0.3) is 0 Å². The third kappa shape index (κ3) is 2.50. The van der Waals surface area contributed by atoms with Gasteiger partial charge in [0.05, 0.1) is 17.8 Å². The van der Waals surface area contributed by atoms with Gasteiger partial charge in [0, 0.05) is 5.02 Å². The number of nitrogens with zero attached hydrogens (tertiary/aromatic N) is 2. The lowest BCUT2D eigenvalue weighted by Gasteiger charge is -2.14. The number of aliphatic imine (C=N–C) groups is 1. The first-order valence-corrected chi connectivity index (χ1v) is 8.92. The van der Waals surface area contributed by atoms with Crippen LogP contribution in [0.4, 0.5) is 0 Å². The van der Waals surface area contributed by atoms with Crippen molar-refractivity contribution in [2.75, 3.05) is 0 Å². The second kappa shape index (κ2) is 5.83. The zero-order valence-corrected chi connectivity index (χ0v) is 14.3. The minimum atomic E-state index is 0.0580. The minimum Gasteiger partial charge on any atom is -0.263 e. The van der Waals surface area contributed by atoms with Crippen molar-refractivity contribution in [1.29, 1.82) is 0 Å². The van der Waals surface area contributed by atoms with Gasteiger partial charge in [-0.05, 0) is 28.8 Å². The lowest BCUT2D eigenvalue weighted by atomic mass is 10.0. The van der Waals surface area contributed by atoms with Crippen LogP contribution < -0.4 is 0 Å². The average molecular weight is 345 g/mol. The Labute approximate surface area is 152 Å². The second-order valence-corrected chi connectivity index (χ2v) is 6.99. The zero-order chi connectivity index (χ0) is 16.8. The Morgan fingerprint density at radius 1 is 0.680 bits per heavy atom. The molecule has 0 spiro atoms. The monoisotopic (exact) mass is 344 g/mol. The molecule has 3 aromatic rings. The van der Waals surface area contributed by atoms with Crippen molar-refractivity contribution in [1.82, 2.24) is 4.90 Å². The summed E-state index contributed by atoms with van der Waals surface area (Å²) in [6.07, 6.45) is 0.0580. The molecule has 0 aromatic heterocycles. The van der Waals surface area contributed by atoms with Gasteiger partial charge in [-0.15, -0.1) is 0 Å². The molecule has 3 heteroatoms. The molecule has 0 radical (unpaired) electrons. The van der Waals surface area contributed by atoms with Crippen molar-refractivity contribution < 1.29 is 0 Å². The highest BCUT2D eigenvalue weighted by Crippen LogP contribution is 2.55. The summed E-state index contributed by atoms with van der Waals surface area (Å²) in [5.41, 5.74) is 4.95. The highest BCUT2D eigenvalue weighted by Gasteiger charge is 2.59. The highest BCUT2D eigenvalue weighted by atomic mass is 35.5. The smallest absolute Gasteiger partial charge is 0.129 e. The van der Waals surface area contributed by atoms with Gasteiger partial charge in [0.1, 0.15) is 6.17 Å². The lowest BCUT2D eigenvalue weighted by molar-refractivity contribution is 0.404. The van der Waals surface area contributed by atoms with E-state index >= 15 is 0 Å². The van der Waals surface area contributed by atoms with Gasteiger partial charge < -0.3 is 0 Å². The molecule has 0 amide bonds. The Morgan fingerprint density at radius 3 is 2.00 bits per heavy atom. The van der Waals surface area contributed by atoms with Gasteiger partial charge in [-0.1, -0.05) is 84.4 Å². The Kier molecular flexibility index (Phi) is 3.47. The Balaban J connectivity index is 1.57. The maximum Gasteiger partial charge on any atom is 0.129 e. The van der Waals surface area contributed by atoms with Crippen molar-refractivity contribution in [2.24, 2.45) is 4.99 Å². The molecule has 2 heterocycles. The summed E-state index contributed by atoms with van der Waals surface area (Å²) < 4.78 is 0. The summed E-state index contributed by atoms with van der Waals surface area (Å²) in [5.74, 6) is 0. The molecule has 4 atom stereocenters. The first kappa shape index (κ1) is 14.9. The predicted molar refractivity (Wildman–Crippen MR) is 102 cm³/mol. The molecular weight excluding hydrogens is 328 g/mol. The molecule has 2 aliphatic rings. The maximum absolute atomic E-state index is 6.06. The summed E-state index contributed by atoms with van der Waals surface area (Å²) in [6, 6.07) is 30.1. The van der Waals surface area contributed by atoms with Crippen molar-refractivity contribution in [3.63, 3.8) is 0 Å². The van der Waals surface area contributed by atoms with E-state index in [1.54, 1.807) is 0 Å². The van der Waals surface area contributed by atoms with Crippen molar-refractivity contribution in [3.05, 3.63) is 107 Å². The molecule has 122 valence electrons. The lowest BCUT2D eigenvalue weighted by Crippen LogP contribution is -2.08. The minimum absolute atomic E-state index is 0.0580. The quantitative estimate of drug-likeness (QED) is 0.591. The van der Waals surface area contributed by atoms with Crippen LogP contribution in [0.1, 0.15) is 28.9 Å². The van der Waals surface area contributed by atoms with Gasteiger partial charge in [0.15, 0.2) is 0 Å². The molecule has 0 saturated carbocycles. The molecule has 1 fully saturated rings. The molecule has 0 bridgehead atoms. The zero-order valence-electron chi connectivity index (χ0n) is 13.6. The van der Waals surface area contributed by atoms with E-state index in [1.807, 2.05) is 12.1 Å². The van der Waals surface area contributed by atoms with Gasteiger partial charge >= 0.3 is 0 Å². The Bertz CT molecular complexity index is 919. The van der Waals surface area contributed by atoms with Gasteiger partial charge in [-0.25, -0.2) is 0 Å². The summed E-state index contributed by atoms with van der Waals surface area (Å²) >= 11 is 6.06. The standard InChI is InChI=1S/C22H17ClN2/c23-18-13-11-17(12-14-18)22-24-19(15-7-3-1-4-8-15)21-20(25(21)22)16-9-5-2-6-10-16/h1-14,20-22H/t20-,21+,22-,25?/m1/s1. The molecule has 2 aliphatic heterocycles. The van der Waals surface area contributed by atoms with E-state index in [2.05, 4.69) is 77.7 Å². The van der Waals surface area contributed by atoms with Gasteiger partial charge in [-0.2, -0.15) is 0 Å². The largest absolute Gasteiger partial charge is 0.263 e. The summed E-state index contributed by atoms with van der Waals surface area (Å²) in [7, 11) is 0. The third-order valence-electron chi connectivity index (χ3n) is 5.05. The van der Waals surface area contributed by atoms with Crippen LogP contribution in [0.15, 0.2) is 89.9 Å². The molecule has 0 aliphatic carbocycles. The number of fused-ring (bicyclic) bond motifs is 1. The fraction of sp³-hybridized carbons (Fsp3) is 0.136.